The second-order valence-corrected chi connectivity index (χ2v) is 5.82. The first kappa shape index (κ1) is 17.3. The number of halogens is 1. The van der Waals surface area contributed by atoms with Gasteiger partial charge in [-0.3, -0.25) is 0 Å². The van der Waals surface area contributed by atoms with Gasteiger partial charge < -0.3 is 14.7 Å². The van der Waals surface area contributed by atoms with Crippen LogP contribution in [0.25, 0.3) is 0 Å². The number of aliphatic hydroxyl groups is 1. The first-order valence-electron chi connectivity index (χ1n) is 7.09. The lowest BCUT2D eigenvalue weighted by Gasteiger charge is -2.42. The van der Waals surface area contributed by atoms with Gasteiger partial charge in [-0.1, -0.05) is 25.4 Å². The molecule has 0 bridgehead atoms. The van der Waals surface area contributed by atoms with Gasteiger partial charge in [0.25, 0.3) is 0 Å². The topological polar surface area (TPSA) is 32.7 Å². The van der Waals surface area contributed by atoms with Crippen LogP contribution >= 0.6 is 11.6 Å². The summed E-state index contributed by atoms with van der Waals surface area (Å²) in [5, 5.41) is 11.4. The van der Waals surface area contributed by atoms with Crippen molar-refractivity contribution < 1.29 is 9.84 Å². The van der Waals surface area contributed by atoms with Crippen molar-refractivity contribution in [3.63, 3.8) is 0 Å². The molecule has 0 aliphatic rings. The van der Waals surface area contributed by atoms with Gasteiger partial charge in [-0.2, -0.15) is 0 Å². The standard InChI is InChI=1S/C16H26ClNO2/c1-6-16(7-2,18(3)4)15(19)11-12-10-13(17)8-9-14(12)20-5/h8-10,15,19H,6-7,11H2,1-5H3. The molecule has 4 heteroatoms. The van der Waals surface area contributed by atoms with Gasteiger partial charge in [0.1, 0.15) is 5.75 Å². The second-order valence-electron chi connectivity index (χ2n) is 5.38. The van der Waals surface area contributed by atoms with Gasteiger partial charge in [0.2, 0.25) is 0 Å². The average molecular weight is 300 g/mol. The Balaban J connectivity index is 3.05. The Kier molecular flexibility index (Phi) is 6.31. The Labute approximate surface area is 127 Å². The monoisotopic (exact) mass is 299 g/mol. The Morgan fingerprint density at radius 2 is 1.90 bits per heavy atom. The van der Waals surface area contributed by atoms with Crippen molar-refractivity contribution in [1.29, 1.82) is 0 Å². The highest BCUT2D eigenvalue weighted by atomic mass is 35.5. The molecule has 0 fully saturated rings. The first-order chi connectivity index (χ1) is 9.41. The van der Waals surface area contributed by atoms with Crippen LogP contribution in [0.5, 0.6) is 5.75 Å². The number of hydrogen-bond acceptors (Lipinski definition) is 3. The number of aliphatic hydroxyl groups excluding tert-OH is 1. The highest BCUT2D eigenvalue weighted by Crippen LogP contribution is 2.31. The summed E-state index contributed by atoms with van der Waals surface area (Å²) in [5.74, 6) is 0.772. The zero-order valence-electron chi connectivity index (χ0n) is 13.1. The number of benzene rings is 1. The molecule has 1 atom stereocenters. The van der Waals surface area contributed by atoms with E-state index in [9.17, 15) is 5.11 Å². The second kappa shape index (κ2) is 7.30. The van der Waals surface area contributed by atoms with Crippen LogP contribution in [0, 0.1) is 0 Å². The summed E-state index contributed by atoms with van der Waals surface area (Å²) in [6, 6.07) is 5.52. The molecule has 0 radical (unpaired) electrons. The van der Waals surface area contributed by atoms with E-state index in [1.807, 2.05) is 26.2 Å². The maximum absolute atomic E-state index is 10.8. The number of ether oxygens (including phenoxy) is 1. The predicted octanol–water partition coefficient (Wildman–Crippen LogP) is 3.37. The van der Waals surface area contributed by atoms with Crippen LogP contribution in [0.2, 0.25) is 5.02 Å². The van der Waals surface area contributed by atoms with Gasteiger partial charge in [-0.25, -0.2) is 0 Å². The minimum absolute atomic E-state index is 0.229. The van der Waals surface area contributed by atoms with Gasteiger partial charge in [0.05, 0.1) is 13.2 Å². The lowest BCUT2D eigenvalue weighted by molar-refractivity contribution is -0.0128. The van der Waals surface area contributed by atoms with E-state index < -0.39 is 6.10 Å². The fraction of sp³-hybridized carbons (Fsp3) is 0.625. The number of nitrogens with zero attached hydrogens (tertiary/aromatic N) is 1. The SMILES string of the molecule is CCC(CC)(C(O)Cc1cc(Cl)ccc1OC)N(C)C. The van der Waals surface area contributed by atoms with Crippen molar-refractivity contribution in [3.8, 4) is 5.75 Å². The number of rotatable bonds is 7. The highest BCUT2D eigenvalue weighted by molar-refractivity contribution is 6.30. The van der Waals surface area contributed by atoms with E-state index in [-0.39, 0.29) is 5.54 Å². The van der Waals surface area contributed by atoms with Gasteiger partial charge in [0, 0.05) is 17.0 Å². The molecule has 0 aliphatic heterocycles. The summed E-state index contributed by atoms with van der Waals surface area (Å²) in [5.41, 5.74) is 0.716. The molecule has 114 valence electrons. The molecule has 0 amide bonds. The quantitative estimate of drug-likeness (QED) is 0.838. The van der Waals surface area contributed by atoms with E-state index in [1.54, 1.807) is 13.2 Å². The third kappa shape index (κ3) is 3.46. The van der Waals surface area contributed by atoms with E-state index >= 15 is 0 Å². The van der Waals surface area contributed by atoms with Crippen molar-refractivity contribution in [2.45, 2.75) is 44.8 Å². The lowest BCUT2D eigenvalue weighted by atomic mass is 9.82. The third-order valence-corrected chi connectivity index (χ3v) is 4.63. The van der Waals surface area contributed by atoms with Gasteiger partial charge in [-0.05, 0) is 50.7 Å². The van der Waals surface area contributed by atoms with Crippen molar-refractivity contribution in [2.24, 2.45) is 0 Å². The molecule has 1 N–H and O–H groups in total. The van der Waals surface area contributed by atoms with E-state index in [2.05, 4.69) is 18.7 Å². The van der Waals surface area contributed by atoms with Gasteiger partial charge in [0.15, 0.2) is 0 Å². The largest absolute Gasteiger partial charge is 0.496 e. The molecule has 20 heavy (non-hydrogen) atoms. The number of likely N-dealkylation sites (N-methyl/N-ethyl adjacent to an activating group) is 1. The van der Waals surface area contributed by atoms with Gasteiger partial charge >= 0.3 is 0 Å². The van der Waals surface area contributed by atoms with E-state index in [0.717, 1.165) is 24.2 Å². The van der Waals surface area contributed by atoms with E-state index in [0.29, 0.717) is 11.4 Å². The summed E-state index contributed by atoms with van der Waals surface area (Å²) in [4.78, 5) is 2.12. The van der Waals surface area contributed by atoms with Crippen molar-refractivity contribution in [3.05, 3.63) is 28.8 Å². The third-order valence-electron chi connectivity index (χ3n) is 4.39. The average Bonchev–Trinajstić information content (AvgIpc) is 2.40. The van der Waals surface area contributed by atoms with Crippen LogP contribution in [-0.4, -0.2) is 42.9 Å². The molecule has 0 saturated heterocycles. The molecule has 1 aromatic rings. The predicted molar refractivity (Wildman–Crippen MR) is 84.7 cm³/mol. The first-order valence-corrected chi connectivity index (χ1v) is 7.47. The zero-order chi connectivity index (χ0) is 15.3. The van der Waals surface area contributed by atoms with Crippen molar-refractivity contribution in [2.75, 3.05) is 21.2 Å². The van der Waals surface area contributed by atoms with E-state index in [4.69, 9.17) is 16.3 Å². The highest BCUT2D eigenvalue weighted by Gasteiger charge is 2.37. The number of methoxy groups -OCH3 is 1. The summed E-state index contributed by atoms with van der Waals surface area (Å²) < 4.78 is 5.36. The van der Waals surface area contributed by atoms with Crippen LogP contribution in [0.1, 0.15) is 32.3 Å². The fourth-order valence-corrected chi connectivity index (χ4v) is 3.15. The Bertz CT molecular complexity index is 430. The minimum atomic E-state index is -0.472. The maximum atomic E-state index is 10.8. The molecule has 0 saturated carbocycles. The molecule has 3 nitrogen and oxygen atoms in total. The molecule has 1 rings (SSSR count). The normalized spacial score (nSPS) is 13.6. The Morgan fingerprint density at radius 3 is 2.35 bits per heavy atom. The summed E-state index contributed by atoms with van der Waals surface area (Å²) in [6.45, 7) is 4.23. The van der Waals surface area contributed by atoms with Gasteiger partial charge in [-0.15, -0.1) is 0 Å². The zero-order valence-corrected chi connectivity index (χ0v) is 13.9. The van der Waals surface area contributed by atoms with Crippen LogP contribution < -0.4 is 4.74 Å². The van der Waals surface area contributed by atoms with Crippen LogP contribution in [-0.2, 0) is 6.42 Å². The molecule has 0 aromatic heterocycles. The molecule has 0 spiro atoms. The van der Waals surface area contributed by atoms with Crippen molar-refractivity contribution >= 4 is 11.6 Å². The number of hydrogen-bond donors (Lipinski definition) is 1. The molecule has 0 heterocycles. The van der Waals surface area contributed by atoms with Crippen LogP contribution in [0.3, 0.4) is 0 Å². The Morgan fingerprint density at radius 1 is 1.30 bits per heavy atom. The molecular formula is C16H26ClNO2. The van der Waals surface area contributed by atoms with E-state index in [1.165, 1.54) is 0 Å². The van der Waals surface area contributed by atoms with Crippen molar-refractivity contribution in [1.82, 2.24) is 4.90 Å². The lowest BCUT2D eigenvalue weighted by Crippen LogP contribution is -2.53. The molecule has 1 unspecified atom stereocenters. The summed E-state index contributed by atoms with van der Waals surface area (Å²) >= 11 is 6.05. The molecule has 1 aromatic carbocycles. The summed E-state index contributed by atoms with van der Waals surface area (Å²) in [7, 11) is 5.68. The molecule has 0 aliphatic carbocycles. The molecular weight excluding hydrogens is 274 g/mol. The van der Waals surface area contributed by atoms with Crippen LogP contribution in [0.15, 0.2) is 18.2 Å². The summed E-state index contributed by atoms with van der Waals surface area (Å²) in [6.07, 6.45) is 1.84. The maximum Gasteiger partial charge on any atom is 0.122 e. The Hall–Kier alpha value is -0.770. The minimum Gasteiger partial charge on any atom is -0.496 e. The van der Waals surface area contributed by atoms with Crippen LogP contribution in [0.4, 0.5) is 0 Å². The smallest absolute Gasteiger partial charge is 0.122 e. The fourth-order valence-electron chi connectivity index (χ4n) is 2.96.